The van der Waals surface area contributed by atoms with Gasteiger partial charge in [0.15, 0.2) is 0 Å². The molecule has 3 aromatic heterocycles. The van der Waals surface area contributed by atoms with Crippen molar-refractivity contribution in [3.63, 3.8) is 0 Å². The van der Waals surface area contributed by atoms with Crippen LogP contribution in [0.5, 0.6) is 0 Å². The number of hydrogen-bond acceptors (Lipinski definition) is 6. The zero-order chi connectivity index (χ0) is 23.5. The van der Waals surface area contributed by atoms with Gasteiger partial charge in [-0.1, -0.05) is 19.3 Å². The first-order valence-electron chi connectivity index (χ1n) is 13.0. The summed E-state index contributed by atoms with van der Waals surface area (Å²) in [5, 5.41) is 23.0. The molecular weight excluding hydrogens is 428 g/mol. The summed E-state index contributed by atoms with van der Waals surface area (Å²) in [6, 6.07) is 2.39. The Morgan fingerprint density at radius 3 is 2.68 bits per heavy atom. The highest BCUT2D eigenvalue weighted by molar-refractivity contribution is 5.81. The van der Waals surface area contributed by atoms with E-state index in [2.05, 4.69) is 38.7 Å². The van der Waals surface area contributed by atoms with Crippen molar-refractivity contribution in [2.75, 3.05) is 19.0 Å². The fourth-order valence-corrected chi connectivity index (χ4v) is 5.72. The molecule has 2 aliphatic carbocycles. The molecule has 8 nitrogen and oxygen atoms in total. The van der Waals surface area contributed by atoms with Gasteiger partial charge >= 0.3 is 0 Å². The normalized spacial score (nSPS) is 22.8. The highest BCUT2D eigenvalue weighted by Gasteiger charge is 2.26. The van der Waals surface area contributed by atoms with Crippen LogP contribution in [-0.4, -0.2) is 55.3 Å². The maximum absolute atomic E-state index is 10.0. The fourth-order valence-electron chi connectivity index (χ4n) is 5.72. The summed E-state index contributed by atoms with van der Waals surface area (Å²) in [4.78, 5) is 4.62. The number of aliphatic hydroxyl groups is 1. The molecule has 0 aromatic carbocycles. The number of hydrogen-bond donors (Lipinski definition) is 2. The summed E-state index contributed by atoms with van der Waals surface area (Å²) < 4.78 is 9.43. The van der Waals surface area contributed by atoms with Gasteiger partial charge in [0.2, 0.25) is 5.95 Å². The molecule has 0 saturated heterocycles. The lowest BCUT2D eigenvalue weighted by Crippen LogP contribution is -2.23. The highest BCUT2D eigenvalue weighted by atomic mass is 16.5. The fraction of sp³-hybridized carbons (Fsp3) is 0.654. The largest absolute Gasteiger partial charge is 0.393 e. The van der Waals surface area contributed by atoms with Gasteiger partial charge in [0.05, 0.1) is 30.6 Å². The topological polar surface area (TPSA) is 89.5 Å². The first kappa shape index (κ1) is 23.3. The molecule has 3 heterocycles. The third-order valence-corrected chi connectivity index (χ3v) is 7.57. The highest BCUT2D eigenvalue weighted by Crippen LogP contribution is 2.37. The molecule has 1 atom stereocenters. The second kappa shape index (κ2) is 10.4. The smallest absolute Gasteiger partial charge is 0.241 e. The van der Waals surface area contributed by atoms with Crippen molar-refractivity contribution >= 4 is 11.5 Å². The average molecular weight is 467 g/mol. The Labute approximate surface area is 201 Å². The minimum Gasteiger partial charge on any atom is -0.393 e. The van der Waals surface area contributed by atoms with E-state index in [9.17, 15) is 5.11 Å². The summed E-state index contributed by atoms with van der Waals surface area (Å²) >= 11 is 0. The van der Waals surface area contributed by atoms with Gasteiger partial charge in [0, 0.05) is 48.6 Å². The molecule has 5 rings (SSSR count). The van der Waals surface area contributed by atoms with Crippen molar-refractivity contribution in [3.8, 4) is 11.1 Å². The molecular formula is C26H38N6O2. The molecule has 0 spiro atoms. The lowest BCUT2D eigenvalue weighted by Gasteiger charge is -2.25. The van der Waals surface area contributed by atoms with Crippen molar-refractivity contribution in [1.29, 1.82) is 0 Å². The van der Waals surface area contributed by atoms with Crippen molar-refractivity contribution in [1.82, 2.24) is 24.4 Å². The van der Waals surface area contributed by atoms with Crippen molar-refractivity contribution in [3.05, 3.63) is 30.4 Å². The molecule has 0 unspecified atom stereocenters. The maximum atomic E-state index is 10.0. The van der Waals surface area contributed by atoms with Gasteiger partial charge in [-0.05, 0) is 57.4 Å². The van der Waals surface area contributed by atoms with Gasteiger partial charge in [0.25, 0.3) is 0 Å². The third kappa shape index (κ3) is 5.13. The Balaban J connectivity index is 1.46. The van der Waals surface area contributed by atoms with E-state index in [1.807, 2.05) is 12.4 Å². The molecule has 8 heteroatoms. The molecule has 2 aliphatic rings. The molecule has 34 heavy (non-hydrogen) atoms. The molecule has 184 valence electrons. The van der Waals surface area contributed by atoms with Crippen LogP contribution in [0.4, 0.5) is 5.95 Å². The lowest BCUT2D eigenvalue weighted by atomic mass is 9.85. The van der Waals surface area contributed by atoms with E-state index in [1.165, 1.54) is 37.8 Å². The third-order valence-electron chi connectivity index (χ3n) is 7.57. The summed E-state index contributed by atoms with van der Waals surface area (Å²) in [6.45, 7) is 3.65. The number of rotatable bonds is 8. The Kier molecular flexibility index (Phi) is 7.15. The number of methoxy groups -OCH3 is 1. The van der Waals surface area contributed by atoms with E-state index in [0.29, 0.717) is 18.5 Å². The van der Waals surface area contributed by atoms with E-state index in [-0.39, 0.29) is 12.1 Å². The minimum absolute atomic E-state index is 0.115. The van der Waals surface area contributed by atoms with Gasteiger partial charge < -0.3 is 15.2 Å². The standard InChI is InChI=1S/C26H38N6O2/c1-18(17-34-2)29-26-27-14-25-23(12-24(32(25)30-26)20-8-10-22(33)11-9-20)21-13-28-31(16-21)15-19-6-4-3-5-7-19/h12-14,16,18-20,22,33H,3-11,15,17H2,1-2H3,(H,29,30)/t18-,20?,22?/m0/s1. The van der Waals surface area contributed by atoms with Gasteiger partial charge in [-0.3, -0.25) is 4.68 Å². The van der Waals surface area contributed by atoms with Crippen molar-refractivity contribution < 1.29 is 9.84 Å². The molecule has 0 aliphatic heterocycles. The molecule has 0 amide bonds. The summed E-state index contributed by atoms with van der Waals surface area (Å²) in [5.41, 5.74) is 4.45. The van der Waals surface area contributed by atoms with E-state index in [1.54, 1.807) is 7.11 Å². The van der Waals surface area contributed by atoms with Crippen molar-refractivity contribution in [2.24, 2.45) is 5.92 Å². The number of fused-ring (bicyclic) bond motifs is 1. The first-order chi connectivity index (χ1) is 16.6. The zero-order valence-electron chi connectivity index (χ0n) is 20.5. The lowest BCUT2D eigenvalue weighted by molar-refractivity contribution is 0.121. The average Bonchev–Trinajstić information content (AvgIpc) is 3.45. The number of anilines is 1. The summed E-state index contributed by atoms with van der Waals surface area (Å²) in [6.07, 6.45) is 16.2. The van der Waals surface area contributed by atoms with Gasteiger partial charge in [-0.2, -0.15) is 5.10 Å². The van der Waals surface area contributed by atoms with Crippen LogP contribution in [0.1, 0.15) is 76.3 Å². The van der Waals surface area contributed by atoms with Crippen molar-refractivity contribution in [2.45, 2.75) is 89.3 Å². The van der Waals surface area contributed by atoms with Crippen LogP contribution in [-0.2, 0) is 11.3 Å². The van der Waals surface area contributed by atoms with Crippen LogP contribution in [0, 0.1) is 5.92 Å². The molecule has 2 saturated carbocycles. The Hall–Kier alpha value is -2.45. The summed E-state index contributed by atoms with van der Waals surface area (Å²) in [7, 11) is 1.70. The quantitative estimate of drug-likeness (QED) is 0.503. The maximum Gasteiger partial charge on any atom is 0.241 e. The number of aromatic nitrogens is 5. The second-order valence-corrected chi connectivity index (χ2v) is 10.3. The first-order valence-corrected chi connectivity index (χ1v) is 13.0. The van der Waals surface area contributed by atoms with E-state index < -0.39 is 0 Å². The molecule has 2 N–H and O–H groups in total. The minimum atomic E-state index is -0.179. The van der Waals surface area contributed by atoms with Gasteiger partial charge in [0.1, 0.15) is 0 Å². The molecule has 0 radical (unpaired) electrons. The molecule has 0 bridgehead atoms. The predicted molar refractivity (Wildman–Crippen MR) is 133 cm³/mol. The second-order valence-electron chi connectivity index (χ2n) is 10.3. The number of nitrogens with one attached hydrogen (secondary N) is 1. The number of ether oxygens (including phenoxy) is 1. The van der Waals surface area contributed by atoms with Crippen LogP contribution >= 0.6 is 0 Å². The number of aliphatic hydroxyl groups excluding tert-OH is 1. The van der Waals surface area contributed by atoms with E-state index >= 15 is 0 Å². The SMILES string of the molecule is COC[C@H](C)Nc1ncc2c(-c3cnn(CC4CCCCC4)c3)cc(C3CCC(O)CC3)n2n1. The van der Waals surface area contributed by atoms with Gasteiger partial charge in [-0.15, -0.1) is 5.10 Å². The van der Waals surface area contributed by atoms with Crippen LogP contribution < -0.4 is 5.32 Å². The van der Waals surface area contributed by atoms with Crippen LogP contribution in [0.15, 0.2) is 24.7 Å². The van der Waals surface area contributed by atoms with E-state index in [4.69, 9.17) is 14.9 Å². The van der Waals surface area contributed by atoms with Crippen LogP contribution in [0.3, 0.4) is 0 Å². The Morgan fingerprint density at radius 1 is 1.12 bits per heavy atom. The monoisotopic (exact) mass is 466 g/mol. The van der Waals surface area contributed by atoms with Crippen LogP contribution in [0.25, 0.3) is 16.6 Å². The Morgan fingerprint density at radius 2 is 1.91 bits per heavy atom. The zero-order valence-corrected chi connectivity index (χ0v) is 20.5. The molecule has 2 fully saturated rings. The van der Waals surface area contributed by atoms with Gasteiger partial charge in [-0.25, -0.2) is 9.50 Å². The summed E-state index contributed by atoms with van der Waals surface area (Å²) in [5.74, 6) is 1.72. The number of nitrogens with zero attached hydrogens (tertiary/aromatic N) is 5. The van der Waals surface area contributed by atoms with Crippen LogP contribution in [0.2, 0.25) is 0 Å². The van der Waals surface area contributed by atoms with E-state index in [0.717, 1.165) is 54.8 Å². The Bertz CT molecular complexity index is 1080. The molecule has 3 aromatic rings. The predicted octanol–water partition coefficient (Wildman–Crippen LogP) is 4.64.